The van der Waals surface area contributed by atoms with Crippen LogP contribution < -0.4 is 10.1 Å². The van der Waals surface area contributed by atoms with Gasteiger partial charge >= 0.3 is 0 Å². The molecule has 5 nitrogen and oxygen atoms in total. The van der Waals surface area contributed by atoms with Crippen molar-refractivity contribution in [3.05, 3.63) is 46.3 Å². The monoisotopic (exact) mass is 342 g/mol. The zero-order valence-corrected chi connectivity index (χ0v) is 15.3. The number of aromatic amines is 1. The van der Waals surface area contributed by atoms with Gasteiger partial charge in [-0.1, -0.05) is 0 Å². The number of hydrogen-bond donors (Lipinski definition) is 3. The Morgan fingerprint density at radius 3 is 2.76 bits per heavy atom. The predicted molar refractivity (Wildman–Crippen MR) is 97.2 cm³/mol. The molecule has 1 unspecified atom stereocenters. The van der Waals surface area contributed by atoms with Crippen molar-refractivity contribution < 1.29 is 14.6 Å². The second-order valence-corrected chi connectivity index (χ2v) is 7.07. The SMILES string of the molecule is Cc1c(C)c2c(c(C)c1O)CCC(C)(C(=O)NCCc1ccc[nH]1)O2. The molecule has 1 amide bonds. The number of benzene rings is 1. The molecule has 2 heterocycles. The molecule has 0 saturated heterocycles. The molecule has 0 saturated carbocycles. The van der Waals surface area contributed by atoms with Gasteiger partial charge in [0.2, 0.25) is 0 Å². The van der Waals surface area contributed by atoms with Crippen LogP contribution in [0.3, 0.4) is 0 Å². The van der Waals surface area contributed by atoms with Crippen LogP contribution in [0, 0.1) is 20.8 Å². The van der Waals surface area contributed by atoms with E-state index in [0.717, 1.165) is 46.5 Å². The average molecular weight is 342 g/mol. The fourth-order valence-corrected chi connectivity index (χ4v) is 3.43. The third-order valence-electron chi connectivity index (χ3n) is 5.34. The van der Waals surface area contributed by atoms with Crippen LogP contribution in [-0.2, 0) is 17.6 Å². The maximum absolute atomic E-state index is 12.7. The Kier molecular flexibility index (Phi) is 4.50. The van der Waals surface area contributed by atoms with Gasteiger partial charge in [0, 0.05) is 36.8 Å². The van der Waals surface area contributed by atoms with Gasteiger partial charge in [-0.15, -0.1) is 0 Å². The Balaban J connectivity index is 1.75. The van der Waals surface area contributed by atoms with Crippen LogP contribution in [0.15, 0.2) is 18.3 Å². The van der Waals surface area contributed by atoms with Gasteiger partial charge in [-0.2, -0.15) is 0 Å². The largest absolute Gasteiger partial charge is 0.507 e. The molecule has 134 valence electrons. The lowest BCUT2D eigenvalue weighted by molar-refractivity contribution is -0.136. The molecule has 2 aromatic rings. The summed E-state index contributed by atoms with van der Waals surface area (Å²) in [7, 11) is 0. The van der Waals surface area contributed by atoms with Crippen LogP contribution >= 0.6 is 0 Å². The molecule has 1 aliphatic heterocycles. The molecule has 1 aromatic carbocycles. The number of rotatable bonds is 4. The maximum Gasteiger partial charge on any atom is 0.263 e. The number of phenols is 1. The van der Waals surface area contributed by atoms with Crippen LogP contribution in [-0.4, -0.2) is 28.1 Å². The van der Waals surface area contributed by atoms with E-state index in [1.54, 1.807) is 0 Å². The molecule has 1 aromatic heterocycles. The lowest BCUT2D eigenvalue weighted by Crippen LogP contribution is -2.51. The molecule has 0 aliphatic carbocycles. The van der Waals surface area contributed by atoms with Gasteiger partial charge in [0.05, 0.1) is 0 Å². The van der Waals surface area contributed by atoms with Crippen molar-refractivity contribution >= 4 is 5.91 Å². The van der Waals surface area contributed by atoms with E-state index in [0.29, 0.717) is 18.7 Å². The minimum atomic E-state index is -0.886. The number of carbonyl (C=O) groups is 1. The minimum Gasteiger partial charge on any atom is -0.507 e. The third-order valence-corrected chi connectivity index (χ3v) is 5.34. The lowest BCUT2D eigenvalue weighted by Gasteiger charge is -2.36. The Labute approximate surface area is 148 Å². The smallest absolute Gasteiger partial charge is 0.263 e. The molecule has 0 fully saturated rings. The molecule has 25 heavy (non-hydrogen) atoms. The highest BCUT2D eigenvalue weighted by atomic mass is 16.5. The summed E-state index contributed by atoms with van der Waals surface area (Å²) in [6, 6.07) is 3.95. The summed E-state index contributed by atoms with van der Waals surface area (Å²) < 4.78 is 6.19. The summed E-state index contributed by atoms with van der Waals surface area (Å²) in [5.41, 5.74) is 3.79. The first kappa shape index (κ1) is 17.4. The summed E-state index contributed by atoms with van der Waals surface area (Å²) in [6.45, 7) is 8.13. The van der Waals surface area contributed by atoms with Crippen molar-refractivity contribution in [1.82, 2.24) is 10.3 Å². The van der Waals surface area contributed by atoms with E-state index in [2.05, 4.69) is 10.3 Å². The highest BCUT2D eigenvalue weighted by molar-refractivity contribution is 5.85. The topological polar surface area (TPSA) is 74.4 Å². The molecule has 1 aliphatic rings. The molecule has 5 heteroatoms. The Bertz CT molecular complexity index is 796. The van der Waals surface area contributed by atoms with Crippen molar-refractivity contribution in [2.75, 3.05) is 6.54 Å². The van der Waals surface area contributed by atoms with E-state index in [4.69, 9.17) is 4.74 Å². The second kappa shape index (κ2) is 6.47. The van der Waals surface area contributed by atoms with Crippen LogP contribution in [0.4, 0.5) is 0 Å². The number of nitrogens with one attached hydrogen (secondary N) is 2. The second-order valence-electron chi connectivity index (χ2n) is 7.07. The Hall–Kier alpha value is -2.43. The summed E-state index contributed by atoms with van der Waals surface area (Å²) in [5, 5.41) is 13.2. The summed E-state index contributed by atoms with van der Waals surface area (Å²) in [5.74, 6) is 0.993. The zero-order valence-electron chi connectivity index (χ0n) is 15.3. The number of amides is 1. The van der Waals surface area contributed by atoms with Crippen LogP contribution in [0.5, 0.6) is 11.5 Å². The first-order valence-corrected chi connectivity index (χ1v) is 8.74. The summed E-state index contributed by atoms with van der Waals surface area (Å²) in [6.07, 6.45) is 3.95. The highest BCUT2D eigenvalue weighted by Crippen LogP contribution is 2.43. The van der Waals surface area contributed by atoms with E-state index in [1.165, 1.54) is 0 Å². The number of H-pyrrole nitrogens is 1. The highest BCUT2D eigenvalue weighted by Gasteiger charge is 2.40. The fraction of sp³-hybridized carbons (Fsp3) is 0.450. The molecule has 0 spiro atoms. The van der Waals surface area contributed by atoms with Crippen molar-refractivity contribution in [2.45, 2.75) is 52.6 Å². The predicted octanol–water partition coefficient (Wildman–Crippen LogP) is 3.09. The first-order valence-electron chi connectivity index (χ1n) is 8.74. The van der Waals surface area contributed by atoms with Crippen molar-refractivity contribution in [2.24, 2.45) is 0 Å². The Morgan fingerprint density at radius 1 is 1.32 bits per heavy atom. The third kappa shape index (κ3) is 3.11. The number of ether oxygens (including phenoxy) is 1. The van der Waals surface area contributed by atoms with E-state index in [9.17, 15) is 9.90 Å². The van der Waals surface area contributed by atoms with Gasteiger partial charge in [0.1, 0.15) is 11.5 Å². The summed E-state index contributed by atoms with van der Waals surface area (Å²) >= 11 is 0. The molecule has 1 atom stereocenters. The van der Waals surface area contributed by atoms with Gasteiger partial charge in [0.15, 0.2) is 5.60 Å². The van der Waals surface area contributed by atoms with Crippen LogP contribution in [0.2, 0.25) is 0 Å². The van der Waals surface area contributed by atoms with E-state index >= 15 is 0 Å². The van der Waals surface area contributed by atoms with Crippen LogP contribution in [0.1, 0.15) is 41.3 Å². The molecule has 0 radical (unpaired) electrons. The van der Waals surface area contributed by atoms with Gasteiger partial charge in [-0.05, 0) is 62.9 Å². The van der Waals surface area contributed by atoms with Crippen molar-refractivity contribution in [1.29, 1.82) is 0 Å². The molecular weight excluding hydrogens is 316 g/mol. The van der Waals surface area contributed by atoms with Gasteiger partial charge < -0.3 is 20.1 Å². The van der Waals surface area contributed by atoms with Gasteiger partial charge in [-0.3, -0.25) is 4.79 Å². The molecule has 3 N–H and O–H groups in total. The van der Waals surface area contributed by atoms with Crippen LogP contribution in [0.25, 0.3) is 0 Å². The lowest BCUT2D eigenvalue weighted by atomic mass is 9.86. The van der Waals surface area contributed by atoms with Gasteiger partial charge in [-0.25, -0.2) is 0 Å². The maximum atomic E-state index is 12.7. The van der Waals surface area contributed by atoms with E-state index < -0.39 is 5.60 Å². The number of carbonyl (C=O) groups excluding carboxylic acids is 1. The fourth-order valence-electron chi connectivity index (χ4n) is 3.43. The number of fused-ring (bicyclic) bond motifs is 1. The molecular formula is C20H26N2O3. The van der Waals surface area contributed by atoms with Gasteiger partial charge in [0.25, 0.3) is 5.91 Å². The number of aromatic hydroxyl groups is 1. The summed E-state index contributed by atoms with van der Waals surface area (Å²) in [4.78, 5) is 15.8. The number of hydrogen-bond acceptors (Lipinski definition) is 3. The Morgan fingerprint density at radius 2 is 2.08 bits per heavy atom. The minimum absolute atomic E-state index is 0.0903. The van der Waals surface area contributed by atoms with Crippen molar-refractivity contribution in [3.63, 3.8) is 0 Å². The zero-order chi connectivity index (χ0) is 18.2. The quantitative estimate of drug-likeness (QED) is 0.799. The number of aromatic nitrogens is 1. The van der Waals surface area contributed by atoms with E-state index in [1.807, 2.05) is 46.0 Å². The number of phenolic OH excluding ortho intramolecular Hbond substituents is 1. The van der Waals surface area contributed by atoms with E-state index in [-0.39, 0.29) is 5.91 Å². The molecule has 0 bridgehead atoms. The normalized spacial score (nSPS) is 19.2. The molecule has 3 rings (SSSR count). The van der Waals surface area contributed by atoms with Crippen molar-refractivity contribution in [3.8, 4) is 11.5 Å². The first-order chi connectivity index (χ1) is 11.8. The average Bonchev–Trinajstić information content (AvgIpc) is 3.11. The standard InChI is InChI=1S/C20H26N2O3/c1-12-13(2)18-16(14(3)17(12)23)7-9-20(4,25-18)19(24)22-11-8-15-6-5-10-21-15/h5-6,10,21,23H,7-9,11H2,1-4H3,(H,22,24).